The maximum atomic E-state index is 13.6. The maximum Gasteiger partial charge on any atom is 1.00 e. The number of nitro groups is 1. The van der Waals surface area contributed by atoms with Gasteiger partial charge in [0.25, 0.3) is 0 Å². The van der Waals surface area contributed by atoms with Crippen LogP contribution in [0.3, 0.4) is 0 Å². The molecule has 1 aromatic heterocycles. The number of anilines is 1. The number of hydrogen-bond acceptors (Lipinski definition) is 8. The van der Waals surface area contributed by atoms with Gasteiger partial charge in [-0.2, -0.15) is 0 Å². The number of nitrogens with zero attached hydrogens (tertiary/aromatic N) is 3. The van der Waals surface area contributed by atoms with Crippen molar-refractivity contribution in [2.45, 2.75) is 46.8 Å². The molecule has 1 aromatic carbocycles. The predicted octanol–water partition coefficient (Wildman–Crippen LogP) is 0.647. The SMILES string of the molecule is CCOC(=O)C([O-])=Cc1ccnc(N(Cc2ccc(F)cc2C)C(=O)OC(C)(C)C)c1[N+](=O)[O-].[K+]. The van der Waals surface area contributed by atoms with E-state index in [9.17, 15) is 29.2 Å². The minimum atomic E-state index is -1.18. The Hall–Kier alpha value is -2.38. The molecule has 1 amide bonds. The van der Waals surface area contributed by atoms with Crippen molar-refractivity contribution in [3.8, 4) is 0 Å². The van der Waals surface area contributed by atoms with Gasteiger partial charge in [-0.1, -0.05) is 6.07 Å². The van der Waals surface area contributed by atoms with Gasteiger partial charge in [-0.15, -0.1) is 0 Å². The summed E-state index contributed by atoms with van der Waals surface area (Å²) in [6.45, 7) is 7.71. The summed E-state index contributed by atoms with van der Waals surface area (Å²) in [6.07, 6.45) is 0.958. The minimum absolute atomic E-state index is 0. The number of carbonyl (C=O) groups excluding carboxylic acids is 2. The first kappa shape index (κ1) is 30.6. The second-order valence-electron chi connectivity index (χ2n) is 8.20. The van der Waals surface area contributed by atoms with Gasteiger partial charge in [-0.3, -0.25) is 15.0 Å². The zero-order valence-electron chi connectivity index (χ0n) is 20.5. The van der Waals surface area contributed by atoms with Crippen molar-refractivity contribution in [2.24, 2.45) is 0 Å². The van der Waals surface area contributed by atoms with Gasteiger partial charge in [0.15, 0.2) is 0 Å². The zero-order chi connectivity index (χ0) is 25.6. The molecule has 0 aliphatic rings. The van der Waals surface area contributed by atoms with E-state index in [2.05, 4.69) is 9.72 Å². The minimum Gasteiger partial charge on any atom is -0.868 e. The van der Waals surface area contributed by atoms with Gasteiger partial charge < -0.3 is 14.6 Å². The first-order chi connectivity index (χ1) is 15.8. The van der Waals surface area contributed by atoms with E-state index in [4.69, 9.17) is 4.74 Å². The first-order valence-electron chi connectivity index (χ1n) is 10.3. The van der Waals surface area contributed by atoms with E-state index < -0.39 is 45.7 Å². The van der Waals surface area contributed by atoms with Crippen LogP contribution in [0.2, 0.25) is 0 Å². The average molecular weight is 514 g/mol. The normalized spacial score (nSPS) is 11.3. The predicted molar refractivity (Wildman–Crippen MR) is 119 cm³/mol. The fourth-order valence-electron chi connectivity index (χ4n) is 2.91. The second-order valence-corrected chi connectivity index (χ2v) is 8.20. The molecule has 0 bridgehead atoms. The van der Waals surface area contributed by atoms with Crippen LogP contribution < -0.4 is 61.4 Å². The number of amides is 1. The number of aryl methyl sites for hydroxylation is 1. The van der Waals surface area contributed by atoms with Crippen LogP contribution in [0.15, 0.2) is 36.2 Å². The number of esters is 1. The summed E-state index contributed by atoms with van der Waals surface area (Å²) in [5, 5.41) is 24.1. The maximum absolute atomic E-state index is 13.6. The molecule has 0 atom stereocenters. The Morgan fingerprint density at radius 1 is 1.26 bits per heavy atom. The summed E-state index contributed by atoms with van der Waals surface area (Å²) < 4.78 is 23.6. The zero-order valence-corrected chi connectivity index (χ0v) is 23.6. The standard InChI is InChI=1S/C23H26FN3O7.K/c1-6-33-21(29)18(28)12-15-9-10-25-20(19(15)27(31)32)26(22(30)34-23(3,4)5)13-16-7-8-17(24)11-14(16)2;/h7-12,28H,6,13H2,1-5H3;/q;+1/p-1. The Bertz CT molecular complexity index is 1130. The van der Waals surface area contributed by atoms with Gasteiger partial charge in [-0.25, -0.2) is 19.0 Å². The molecule has 2 aromatic rings. The third-order valence-electron chi connectivity index (χ3n) is 4.38. The van der Waals surface area contributed by atoms with Gasteiger partial charge in [0.2, 0.25) is 5.82 Å². The molecule has 0 radical (unpaired) electrons. The number of hydrogen-bond donors (Lipinski definition) is 0. The number of pyridine rings is 1. The van der Waals surface area contributed by atoms with Gasteiger partial charge in [0.1, 0.15) is 11.4 Å². The van der Waals surface area contributed by atoms with Gasteiger partial charge in [0.05, 0.1) is 23.6 Å². The van der Waals surface area contributed by atoms with Crippen molar-refractivity contribution in [1.82, 2.24) is 4.98 Å². The molecule has 12 heteroatoms. The molecule has 2 rings (SSSR count). The Morgan fingerprint density at radius 3 is 2.46 bits per heavy atom. The Morgan fingerprint density at radius 2 is 1.91 bits per heavy atom. The van der Waals surface area contributed by atoms with Crippen LogP contribution in [0.5, 0.6) is 0 Å². The molecule has 0 N–H and O–H groups in total. The number of halogens is 1. The summed E-state index contributed by atoms with van der Waals surface area (Å²) in [4.78, 5) is 40.9. The number of carbonyl (C=O) groups is 2. The van der Waals surface area contributed by atoms with Gasteiger partial charge in [-0.05, 0) is 75.8 Å². The van der Waals surface area contributed by atoms with E-state index in [1.54, 1.807) is 27.7 Å². The van der Waals surface area contributed by atoms with Crippen LogP contribution >= 0.6 is 0 Å². The fourth-order valence-corrected chi connectivity index (χ4v) is 2.91. The smallest absolute Gasteiger partial charge is 0.868 e. The third kappa shape index (κ3) is 8.65. The van der Waals surface area contributed by atoms with Crippen molar-refractivity contribution >= 4 is 29.6 Å². The van der Waals surface area contributed by atoms with Crippen molar-refractivity contribution in [3.05, 3.63) is 68.8 Å². The average Bonchev–Trinajstić information content (AvgIpc) is 2.71. The summed E-state index contributed by atoms with van der Waals surface area (Å²) in [7, 11) is 0. The molecule has 10 nitrogen and oxygen atoms in total. The summed E-state index contributed by atoms with van der Waals surface area (Å²) >= 11 is 0. The molecule has 0 saturated carbocycles. The summed E-state index contributed by atoms with van der Waals surface area (Å²) in [6, 6.07) is 5.05. The molecule has 1 heterocycles. The number of rotatable bonds is 7. The molecule has 0 spiro atoms. The summed E-state index contributed by atoms with van der Waals surface area (Å²) in [5.41, 5.74) is -0.897. The molecule has 35 heavy (non-hydrogen) atoms. The fraction of sp³-hybridized carbons (Fsp3) is 0.348. The number of benzene rings is 1. The Kier molecular flexibility index (Phi) is 11.4. The molecule has 182 valence electrons. The Balaban J connectivity index is 0.00000612. The van der Waals surface area contributed by atoms with Crippen LogP contribution in [0.1, 0.15) is 44.4 Å². The molecular formula is C23H25FKN3O7. The Labute approximate surface area is 244 Å². The molecule has 0 fully saturated rings. The van der Waals surface area contributed by atoms with E-state index in [-0.39, 0.29) is 70.1 Å². The third-order valence-corrected chi connectivity index (χ3v) is 4.38. The molecular weight excluding hydrogens is 488 g/mol. The van der Waals surface area contributed by atoms with Crippen LogP contribution in [0.4, 0.5) is 20.7 Å². The van der Waals surface area contributed by atoms with E-state index in [0.29, 0.717) is 11.1 Å². The van der Waals surface area contributed by atoms with Crippen LogP contribution in [0, 0.1) is 22.9 Å². The van der Waals surface area contributed by atoms with Crippen LogP contribution in [0.25, 0.3) is 6.08 Å². The first-order valence-corrected chi connectivity index (χ1v) is 10.3. The van der Waals surface area contributed by atoms with Crippen LogP contribution in [-0.4, -0.2) is 34.2 Å². The summed E-state index contributed by atoms with van der Waals surface area (Å²) in [5.74, 6) is -3.18. The van der Waals surface area contributed by atoms with E-state index in [1.165, 1.54) is 25.1 Å². The quantitative estimate of drug-likeness (QED) is 0.132. The number of aromatic nitrogens is 1. The topological polar surface area (TPSA) is 135 Å². The van der Waals surface area contributed by atoms with Gasteiger partial charge in [0, 0.05) is 6.20 Å². The molecule has 0 aliphatic heterocycles. The largest absolute Gasteiger partial charge is 1.00 e. The van der Waals surface area contributed by atoms with Crippen molar-refractivity contribution in [2.75, 3.05) is 11.5 Å². The van der Waals surface area contributed by atoms with E-state index >= 15 is 0 Å². The van der Waals surface area contributed by atoms with E-state index in [0.717, 1.165) is 23.2 Å². The molecule has 0 saturated heterocycles. The second kappa shape index (κ2) is 13.1. The van der Waals surface area contributed by atoms with E-state index in [1.807, 2.05) is 0 Å². The van der Waals surface area contributed by atoms with Gasteiger partial charge >= 0.3 is 69.1 Å². The van der Waals surface area contributed by atoms with Crippen molar-refractivity contribution in [3.63, 3.8) is 0 Å². The molecule has 0 unspecified atom stereocenters. The van der Waals surface area contributed by atoms with Crippen molar-refractivity contribution < 1.29 is 84.9 Å². The van der Waals surface area contributed by atoms with Crippen LogP contribution in [-0.2, 0) is 20.8 Å². The van der Waals surface area contributed by atoms with Crippen molar-refractivity contribution in [1.29, 1.82) is 0 Å². The number of ether oxygens (including phenoxy) is 2. The monoisotopic (exact) mass is 513 g/mol. The molecule has 0 aliphatic carbocycles.